The van der Waals surface area contributed by atoms with E-state index in [0.29, 0.717) is 0 Å². The summed E-state index contributed by atoms with van der Waals surface area (Å²) in [6.45, 7) is 0. The Balaban J connectivity index is 0. The normalized spacial score (nSPS) is 0. The molecule has 11 heteroatoms. The summed E-state index contributed by atoms with van der Waals surface area (Å²) in [5.41, 5.74) is 0. The molecule has 0 aliphatic rings. The Labute approximate surface area is 225 Å². The van der Waals surface area contributed by atoms with Gasteiger partial charge in [-0.1, -0.05) is 0 Å². The zero-order chi connectivity index (χ0) is 0. The van der Waals surface area contributed by atoms with Gasteiger partial charge < -0.3 is 0 Å². The molecule has 0 aromatic carbocycles. The molecule has 0 aromatic rings. The van der Waals surface area contributed by atoms with E-state index in [4.69, 9.17) is 0 Å². The summed E-state index contributed by atoms with van der Waals surface area (Å²) in [7, 11) is 0. The molecule has 0 aliphatic carbocycles. The molecule has 0 saturated heterocycles. The molecule has 11 heavy (non-hydrogen) atoms. The van der Waals surface area contributed by atoms with Crippen LogP contribution in [0.15, 0.2) is 0 Å². The van der Waals surface area contributed by atoms with Crippen molar-refractivity contribution in [2.24, 2.45) is 0 Å². The minimum atomic E-state index is 0. The summed E-state index contributed by atoms with van der Waals surface area (Å²) in [4.78, 5) is 0. The van der Waals surface area contributed by atoms with Crippen molar-refractivity contribution in [2.45, 2.75) is 0 Å². The number of hydrogen-bond donors (Lipinski definition) is 0. The van der Waals surface area contributed by atoms with E-state index >= 15 is 0 Å². The average molecular weight is 1670 g/mol. The minimum Gasteiger partial charge on any atom is 0 e. The van der Waals surface area contributed by atoms with Gasteiger partial charge in [0.05, 0.1) is 0 Å². The van der Waals surface area contributed by atoms with Gasteiger partial charge in [0.15, 0.2) is 52.1 Å². The van der Waals surface area contributed by atoms with Crippen molar-refractivity contribution in [3.05, 3.63) is 0 Å². The van der Waals surface area contributed by atoms with Crippen LogP contribution in [0.25, 0.3) is 0 Å². The Morgan fingerprint density at radius 2 is 0.182 bits per heavy atom. The van der Waals surface area contributed by atoms with Crippen LogP contribution in [-0.4, -0.2) is 52.1 Å². The predicted molar refractivity (Wildman–Crippen MR) is 29.8 cm³/mol. The molecule has 0 bridgehead atoms. The van der Waals surface area contributed by atoms with E-state index in [2.05, 4.69) is 0 Å². The van der Waals surface area contributed by atoms with Gasteiger partial charge in [0.2, 0.25) is 0 Å². The molecule has 0 fully saturated rings. The summed E-state index contributed by atoms with van der Waals surface area (Å²) in [5, 5.41) is 0. The summed E-state index contributed by atoms with van der Waals surface area (Å²) in [5.74, 6) is 0. The largest absolute Gasteiger partial charge is 0.187 e. The third kappa shape index (κ3) is 74.6. The predicted octanol–water partition coefficient (Wildman–Crippen LogP) is -3.57. The topological polar surface area (TPSA) is 0 Å². The summed E-state index contributed by atoms with van der Waals surface area (Å²) < 4.78 is 0. The van der Waals surface area contributed by atoms with Crippen molar-refractivity contribution in [1.29, 1.82) is 0 Å². The SMILES string of the molecule is [AlH3].[AlH3].[AlH3].[Au].[Au].[Au].[Au].[Au].[Au].[Au].[Au]. The Morgan fingerprint density at radius 1 is 0.182 bits per heavy atom. The quantitative estimate of drug-likeness (QED) is 0.221. The number of rotatable bonds is 0. The van der Waals surface area contributed by atoms with Crippen molar-refractivity contribution in [2.75, 3.05) is 0 Å². The van der Waals surface area contributed by atoms with Crippen LogP contribution in [0.1, 0.15) is 0 Å². The van der Waals surface area contributed by atoms with Crippen LogP contribution in [0.5, 0.6) is 0 Å². The molecule has 8 radical (unpaired) electrons. The first-order chi connectivity index (χ1) is 0. The van der Waals surface area contributed by atoms with Crippen LogP contribution in [-0.2, 0) is 179 Å². The molecule has 0 atom stereocenters. The first-order valence-corrected chi connectivity index (χ1v) is 0. The standard InChI is InChI=1S/3Al.8Au.9H. The Kier molecular flexibility index (Phi) is 773. The van der Waals surface area contributed by atoms with E-state index in [9.17, 15) is 0 Å². The Hall–Kier alpha value is 7.52. The van der Waals surface area contributed by atoms with Gasteiger partial charge in [-0.05, 0) is 0 Å². The minimum absolute atomic E-state index is 0. The van der Waals surface area contributed by atoms with E-state index in [1.807, 2.05) is 0 Å². The number of hydrogen-bond acceptors (Lipinski definition) is 0. The molecule has 0 rings (SSSR count). The van der Waals surface area contributed by atoms with Crippen molar-refractivity contribution in [3.63, 3.8) is 0 Å². The van der Waals surface area contributed by atoms with Gasteiger partial charge in [-0.25, -0.2) is 0 Å². The molecule has 0 unspecified atom stereocenters. The average Bonchev–Trinajstić information content (AvgIpc) is 0. The third-order valence-corrected chi connectivity index (χ3v) is 0. The second-order valence-electron chi connectivity index (χ2n) is 0. The monoisotopic (exact) mass is 1670 g/mol. The fourth-order valence-electron chi connectivity index (χ4n) is 0. The van der Waals surface area contributed by atoms with E-state index < -0.39 is 0 Å². The van der Waals surface area contributed by atoms with Gasteiger partial charge in [-0.2, -0.15) is 0 Å². The second kappa shape index (κ2) is 84.6. The van der Waals surface area contributed by atoms with Crippen molar-refractivity contribution in [1.82, 2.24) is 0 Å². The molecular weight excluding hydrogens is 1660 g/mol. The van der Waals surface area contributed by atoms with Crippen LogP contribution in [0.3, 0.4) is 0 Å². The van der Waals surface area contributed by atoms with Crippen LogP contribution < -0.4 is 0 Å². The van der Waals surface area contributed by atoms with E-state index in [0.717, 1.165) is 0 Å². The van der Waals surface area contributed by atoms with E-state index in [-0.39, 0.29) is 231 Å². The van der Waals surface area contributed by atoms with E-state index in [1.165, 1.54) is 0 Å². The van der Waals surface area contributed by atoms with Crippen molar-refractivity contribution >= 4 is 52.1 Å². The first-order valence-electron chi connectivity index (χ1n) is 0. The molecule has 0 N–H and O–H groups in total. The van der Waals surface area contributed by atoms with Crippen LogP contribution in [0.2, 0.25) is 0 Å². The molecule has 0 saturated carbocycles. The van der Waals surface area contributed by atoms with Gasteiger partial charge in [-0.15, -0.1) is 0 Å². The zero-order valence-electron chi connectivity index (χ0n) is 2.41. The molecule has 0 heterocycles. The molecule has 0 spiro atoms. The van der Waals surface area contributed by atoms with Gasteiger partial charge >= 0.3 is 0 Å². The van der Waals surface area contributed by atoms with Crippen LogP contribution >= 0.6 is 0 Å². The fourth-order valence-corrected chi connectivity index (χ4v) is 0. The Bertz CT molecular complexity index is 9.30. The fraction of sp³-hybridized carbons (Fsp3) is 0. The molecule has 0 amide bonds. The Morgan fingerprint density at radius 3 is 0.182 bits per heavy atom. The molecule has 0 aliphatic heterocycles. The maximum Gasteiger partial charge on any atom is 0.187 e. The van der Waals surface area contributed by atoms with Crippen LogP contribution in [0.4, 0.5) is 0 Å². The molecule has 0 nitrogen and oxygen atoms in total. The second-order valence-corrected chi connectivity index (χ2v) is 0. The van der Waals surface area contributed by atoms with E-state index in [1.54, 1.807) is 0 Å². The molecule has 0 aromatic heterocycles. The summed E-state index contributed by atoms with van der Waals surface area (Å²) in [6.07, 6.45) is 0. The maximum atomic E-state index is 0. The maximum absolute atomic E-state index is 0. The molecule has 106 valence electrons. The summed E-state index contributed by atoms with van der Waals surface area (Å²) >= 11 is 0. The zero-order valence-corrected chi connectivity index (χ0v) is 19.7. The van der Waals surface area contributed by atoms with Crippen molar-refractivity contribution in [3.8, 4) is 0 Å². The summed E-state index contributed by atoms with van der Waals surface area (Å²) in [6, 6.07) is 0. The molecular formula is H9Al3Au8. The van der Waals surface area contributed by atoms with Crippen molar-refractivity contribution < 1.29 is 179 Å². The van der Waals surface area contributed by atoms with Gasteiger partial charge in [0, 0.05) is 179 Å². The van der Waals surface area contributed by atoms with Gasteiger partial charge in [0.1, 0.15) is 0 Å². The first kappa shape index (κ1) is 101. The third-order valence-electron chi connectivity index (χ3n) is 0. The van der Waals surface area contributed by atoms with Gasteiger partial charge in [-0.3, -0.25) is 0 Å². The van der Waals surface area contributed by atoms with Crippen LogP contribution in [0, 0.1) is 0 Å². The van der Waals surface area contributed by atoms with Gasteiger partial charge in [0.25, 0.3) is 0 Å². The smallest absolute Gasteiger partial charge is 0 e.